The zero-order valence-corrected chi connectivity index (χ0v) is 12.4. The van der Waals surface area contributed by atoms with Crippen molar-refractivity contribution < 1.29 is 4.74 Å². The van der Waals surface area contributed by atoms with Crippen molar-refractivity contribution in [1.29, 1.82) is 0 Å². The summed E-state index contributed by atoms with van der Waals surface area (Å²) in [7, 11) is 3.50. The van der Waals surface area contributed by atoms with Crippen LogP contribution >= 0.6 is 0 Å². The lowest BCUT2D eigenvalue weighted by atomic mass is 10.1. The molecule has 1 aromatic carbocycles. The summed E-state index contributed by atoms with van der Waals surface area (Å²) in [6, 6.07) is 6.26. The fraction of sp³-hybridized carbons (Fsp3) is 0.533. The number of hydrogen-bond acceptors (Lipinski definition) is 2. The molecule has 0 aliphatic rings. The van der Waals surface area contributed by atoms with Crippen LogP contribution < -0.4 is 15.4 Å². The predicted molar refractivity (Wildman–Crippen MR) is 81.1 cm³/mol. The summed E-state index contributed by atoms with van der Waals surface area (Å²) in [6.07, 6.45) is 2.00. The van der Waals surface area contributed by atoms with E-state index in [1.54, 1.807) is 14.2 Å². The molecule has 0 spiro atoms. The summed E-state index contributed by atoms with van der Waals surface area (Å²) < 4.78 is 5.38. The van der Waals surface area contributed by atoms with Crippen LogP contribution in [0.1, 0.15) is 24.5 Å². The number of benzene rings is 1. The molecule has 0 atom stereocenters. The van der Waals surface area contributed by atoms with Crippen LogP contribution in [0.5, 0.6) is 5.75 Å². The van der Waals surface area contributed by atoms with E-state index in [1.807, 2.05) is 6.07 Å². The van der Waals surface area contributed by atoms with Gasteiger partial charge < -0.3 is 15.4 Å². The van der Waals surface area contributed by atoms with E-state index < -0.39 is 0 Å². The van der Waals surface area contributed by atoms with Gasteiger partial charge in [-0.15, -0.1) is 0 Å². The minimum atomic E-state index is 0.837. The Balaban J connectivity index is 2.50. The van der Waals surface area contributed by atoms with Gasteiger partial charge in [0.2, 0.25) is 0 Å². The van der Waals surface area contributed by atoms with Crippen LogP contribution in [0.3, 0.4) is 0 Å². The molecule has 2 N–H and O–H groups in total. The first-order valence-corrected chi connectivity index (χ1v) is 6.79. The Hall–Kier alpha value is -1.71. The molecule has 0 heterocycles. The van der Waals surface area contributed by atoms with Crippen LogP contribution in [0.15, 0.2) is 23.2 Å². The summed E-state index contributed by atoms with van der Waals surface area (Å²) >= 11 is 0. The smallest absolute Gasteiger partial charge is 0.190 e. The Bertz CT molecular complexity index is 416. The molecular formula is C15H25N3O. The molecule has 1 rings (SSSR count). The minimum absolute atomic E-state index is 0.837. The van der Waals surface area contributed by atoms with Crippen molar-refractivity contribution in [3.05, 3.63) is 29.3 Å². The number of nitrogens with one attached hydrogen (secondary N) is 2. The fourth-order valence-corrected chi connectivity index (χ4v) is 1.88. The van der Waals surface area contributed by atoms with E-state index in [1.165, 1.54) is 11.1 Å². The van der Waals surface area contributed by atoms with Crippen molar-refractivity contribution in [2.45, 2.75) is 26.7 Å². The van der Waals surface area contributed by atoms with E-state index in [0.717, 1.165) is 37.6 Å². The molecule has 4 heteroatoms. The number of hydrogen-bond donors (Lipinski definition) is 2. The molecule has 1 aromatic rings. The van der Waals surface area contributed by atoms with E-state index in [9.17, 15) is 0 Å². The third kappa shape index (κ3) is 5.20. The molecule has 0 radical (unpaired) electrons. The summed E-state index contributed by atoms with van der Waals surface area (Å²) in [4.78, 5) is 4.18. The van der Waals surface area contributed by atoms with E-state index in [-0.39, 0.29) is 0 Å². The van der Waals surface area contributed by atoms with E-state index in [4.69, 9.17) is 4.74 Å². The van der Waals surface area contributed by atoms with Gasteiger partial charge in [-0.05, 0) is 31.4 Å². The second-order valence-corrected chi connectivity index (χ2v) is 4.49. The van der Waals surface area contributed by atoms with Crippen LogP contribution in [-0.4, -0.2) is 33.2 Å². The molecule has 0 amide bonds. The first-order chi connectivity index (χ1) is 9.21. The second kappa shape index (κ2) is 8.40. The molecular weight excluding hydrogens is 238 g/mol. The molecule has 19 heavy (non-hydrogen) atoms. The predicted octanol–water partition coefficient (Wildman–Crippen LogP) is 2.12. The molecule has 0 aliphatic heterocycles. The zero-order valence-electron chi connectivity index (χ0n) is 12.4. The topological polar surface area (TPSA) is 45.7 Å². The third-order valence-electron chi connectivity index (χ3n) is 2.89. The monoisotopic (exact) mass is 263 g/mol. The van der Waals surface area contributed by atoms with Crippen molar-refractivity contribution in [1.82, 2.24) is 10.6 Å². The first kappa shape index (κ1) is 15.3. The molecule has 0 unspecified atom stereocenters. The Morgan fingerprint density at radius 3 is 2.63 bits per heavy atom. The van der Waals surface area contributed by atoms with E-state index in [2.05, 4.69) is 41.6 Å². The molecule has 0 bridgehead atoms. The minimum Gasteiger partial charge on any atom is -0.496 e. The highest BCUT2D eigenvalue weighted by atomic mass is 16.5. The molecule has 0 saturated heterocycles. The lowest BCUT2D eigenvalue weighted by Crippen LogP contribution is -2.38. The molecule has 0 saturated carbocycles. The molecule has 0 aromatic heterocycles. The fourth-order valence-electron chi connectivity index (χ4n) is 1.88. The highest BCUT2D eigenvalue weighted by molar-refractivity contribution is 5.79. The van der Waals surface area contributed by atoms with Gasteiger partial charge >= 0.3 is 0 Å². The van der Waals surface area contributed by atoms with Crippen molar-refractivity contribution >= 4 is 5.96 Å². The molecule has 0 fully saturated rings. The van der Waals surface area contributed by atoms with Gasteiger partial charge in [0, 0.05) is 20.1 Å². The molecule has 106 valence electrons. The standard InChI is InChI=1S/C15H25N3O/c1-5-9-17-15(16-3)18-10-8-13-11-12(2)6-7-14(13)19-4/h6-7,11H,5,8-10H2,1-4H3,(H2,16,17,18). The van der Waals surface area contributed by atoms with Crippen LogP contribution in [0.25, 0.3) is 0 Å². The summed E-state index contributed by atoms with van der Waals surface area (Å²) in [5, 5.41) is 6.56. The van der Waals surface area contributed by atoms with Gasteiger partial charge in [-0.1, -0.05) is 24.6 Å². The number of rotatable bonds is 6. The van der Waals surface area contributed by atoms with Gasteiger partial charge in [-0.2, -0.15) is 0 Å². The highest BCUT2D eigenvalue weighted by Crippen LogP contribution is 2.19. The zero-order chi connectivity index (χ0) is 14.1. The molecule has 4 nitrogen and oxygen atoms in total. The first-order valence-electron chi connectivity index (χ1n) is 6.79. The van der Waals surface area contributed by atoms with Gasteiger partial charge in [0.1, 0.15) is 5.75 Å². The number of guanidine groups is 1. The lowest BCUT2D eigenvalue weighted by molar-refractivity contribution is 0.409. The maximum absolute atomic E-state index is 5.38. The largest absolute Gasteiger partial charge is 0.496 e. The van der Waals surface area contributed by atoms with Gasteiger partial charge in [0.05, 0.1) is 7.11 Å². The summed E-state index contributed by atoms with van der Waals surface area (Å²) in [6.45, 7) is 6.01. The van der Waals surface area contributed by atoms with Crippen LogP contribution in [0.4, 0.5) is 0 Å². The van der Waals surface area contributed by atoms with Gasteiger partial charge in [0.25, 0.3) is 0 Å². The Kier molecular flexibility index (Phi) is 6.79. The van der Waals surface area contributed by atoms with Gasteiger partial charge in [0.15, 0.2) is 5.96 Å². The van der Waals surface area contributed by atoms with Crippen LogP contribution in [0.2, 0.25) is 0 Å². The average Bonchev–Trinajstić information content (AvgIpc) is 2.43. The maximum atomic E-state index is 5.38. The summed E-state index contributed by atoms with van der Waals surface area (Å²) in [5.74, 6) is 1.80. The number of aliphatic imine (C=N–C) groups is 1. The quantitative estimate of drug-likeness (QED) is 0.610. The summed E-state index contributed by atoms with van der Waals surface area (Å²) in [5.41, 5.74) is 2.48. The van der Waals surface area contributed by atoms with E-state index in [0.29, 0.717) is 0 Å². The van der Waals surface area contributed by atoms with Crippen molar-refractivity contribution in [3.63, 3.8) is 0 Å². The Morgan fingerprint density at radius 2 is 2.00 bits per heavy atom. The number of nitrogens with zero attached hydrogens (tertiary/aromatic N) is 1. The third-order valence-corrected chi connectivity index (χ3v) is 2.89. The van der Waals surface area contributed by atoms with Crippen molar-refractivity contribution in [2.24, 2.45) is 4.99 Å². The van der Waals surface area contributed by atoms with Gasteiger partial charge in [-0.3, -0.25) is 4.99 Å². The number of aryl methyl sites for hydroxylation is 1. The highest BCUT2D eigenvalue weighted by Gasteiger charge is 2.03. The average molecular weight is 263 g/mol. The van der Waals surface area contributed by atoms with Gasteiger partial charge in [-0.25, -0.2) is 0 Å². The molecule has 0 aliphatic carbocycles. The Labute approximate surface area is 116 Å². The normalized spacial score (nSPS) is 11.3. The Morgan fingerprint density at radius 1 is 1.26 bits per heavy atom. The maximum Gasteiger partial charge on any atom is 0.190 e. The SMILES string of the molecule is CCCNC(=NC)NCCc1cc(C)ccc1OC. The lowest BCUT2D eigenvalue weighted by Gasteiger charge is -2.13. The van der Waals surface area contributed by atoms with Crippen molar-refractivity contribution in [2.75, 3.05) is 27.2 Å². The number of ether oxygens (including phenoxy) is 1. The van der Waals surface area contributed by atoms with Crippen molar-refractivity contribution in [3.8, 4) is 5.75 Å². The number of methoxy groups -OCH3 is 1. The van der Waals surface area contributed by atoms with Crippen LogP contribution in [0, 0.1) is 6.92 Å². The van der Waals surface area contributed by atoms with Crippen LogP contribution in [-0.2, 0) is 6.42 Å². The second-order valence-electron chi connectivity index (χ2n) is 4.49. The van der Waals surface area contributed by atoms with E-state index >= 15 is 0 Å².